The van der Waals surface area contributed by atoms with Crippen molar-refractivity contribution in [3.8, 4) is 28.2 Å². The van der Waals surface area contributed by atoms with E-state index in [1.807, 2.05) is 27.0 Å². The number of aromatic nitrogens is 5. The van der Waals surface area contributed by atoms with Crippen LogP contribution < -0.4 is 0 Å². The van der Waals surface area contributed by atoms with Crippen LogP contribution in [0.1, 0.15) is 11.6 Å². The van der Waals surface area contributed by atoms with Crippen molar-refractivity contribution in [3.05, 3.63) is 84.4 Å². The van der Waals surface area contributed by atoms with Gasteiger partial charge in [0, 0.05) is 18.2 Å². The van der Waals surface area contributed by atoms with E-state index in [1.54, 1.807) is 0 Å². The normalized spacial score (nSPS) is 11.3. The molecule has 0 unspecified atom stereocenters. The molecule has 0 atom stereocenters. The van der Waals surface area contributed by atoms with Crippen molar-refractivity contribution in [3.63, 3.8) is 0 Å². The second-order valence-electron chi connectivity index (χ2n) is 7.18. The number of para-hydroxylation sites is 2. The maximum absolute atomic E-state index is 4.80. The first-order valence-electron chi connectivity index (χ1n) is 9.64. The smallest absolute Gasteiger partial charge is 0.170 e. The third-order valence-electron chi connectivity index (χ3n) is 5.43. The molecule has 0 saturated heterocycles. The van der Waals surface area contributed by atoms with Crippen LogP contribution in [0, 0.1) is 13.8 Å². The van der Waals surface area contributed by atoms with Gasteiger partial charge in [0.05, 0.1) is 16.7 Å². The Bertz CT molecular complexity index is 1330. The summed E-state index contributed by atoms with van der Waals surface area (Å²) in [4.78, 5) is 4.80. The van der Waals surface area contributed by atoms with Gasteiger partial charge in [-0.15, -0.1) is 10.2 Å². The lowest BCUT2D eigenvalue weighted by atomic mass is 10.0. The summed E-state index contributed by atoms with van der Waals surface area (Å²) in [7, 11) is 2.04. The molecule has 0 amide bonds. The van der Waals surface area contributed by atoms with Crippen molar-refractivity contribution in [2.45, 2.75) is 13.8 Å². The minimum absolute atomic E-state index is 0.801. The fraction of sp³-hybridized carbons (Fsp3) is 0.125. The molecule has 0 saturated carbocycles. The molecule has 3 aromatic carbocycles. The molecular formula is C24H21N5. The Morgan fingerprint density at radius 3 is 2.24 bits per heavy atom. The summed E-state index contributed by atoms with van der Waals surface area (Å²) in [6.45, 7) is 4.01. The van der Waals surface area contributed by atoms with Crippen molar-refractivity contribution in [2.75, 3.05) is 0 Å². The van der Waals surface area contributed by atoms with Crippen LogP contribution in [0.2, 0.25) is 0 Å². The van der Waals surface area contributed by atoms with Crippen LogP contribution >= 0.6 is 0 Å². The number of hydrogen-bond donors (Lipinski definition) is 0. The molecule has 29 heavy (non-hydrogen) atoms. The Balaban J connectivity index is 1.78. The number of hydrogen-bond acceptors (Lipinski definition) is 3. The highest BCUT2D eigenvalue weighted by molar-refractivity contribution is 5.91. The van der Waals surface area contributed by atoms with Gasteiger partial charge in [-0.1, -0.05) is 54.6 Å². The van der Waals surface area contributed by atoms with Crippen LogP contribution in [0.3, 0.4) is 0 Å². The Hall–Kier alpha value is -3.73. The van der Waals surface area contributed by atoms with Crippen molar-refractivity contribution >= 4 is 11.0 Å². The summed E-state index contributed by atoms with van der Waals surface area (Å²) in [5, 5.41) is 8.97. The molecule has 0 N–H and O–H groups in total. The van der Waals surface area contributed by atoms with Gasteiger partial charge >= 0.3 is 0 Å². The third-order valence-corrected chi connectivity index (χ3v) is 5.43. The molecule has 0 radical (unpaired) electrons. The van der Waals surface area contributed by atoms with Crippen molar-refractivity contribution in [2.24, 2.45) is 7.05 Å². The van der Waals surface area contributed by atoms with Gasteiger partial charge in [-0.3, -0.25) is 4.57 Å². The summed E-state index contributed by atoms with van der Waals surface area (Å²) in [6.07, 6.45) is 0. The highest BCUT2D eigenvalue weighted by Gasteiger charge is 2.19. The number of benzene rings is 3. The predicted molar refractivity (Wildman–Crippen MR) is 116 cm³/mol. The molecule has 0 fully saturated rings. The zero-order valence-corrected chi connectivity index (χ0v) is 16.7. The fourth-order valence-corrected chi connectivity index (χ4v) is 3.87. The summed E-state index contributed by atoms with van der Waals surface area (Å²) < 4.78 is 4.23. The SMILES string of the molecule is Cc1nnc(-c2cccc3c2nc(C)n3C)n1-c1ccccc1-c1ccccc1. The van der Waals surface area contributed by atoms with E-state index < -0.39 is 0 Å². The topological polar surface area (TPSA) is 48.5 Å². The van der Waals surface area contributed by atoms with Gasteiger partial charge in [0.15, 0.2) is 5.82 Å². The van der Waals surface area contributed by atoms with Gasteiger partial charge in [0.25, 0.3) is 0 Å². The molecule has 5 aromatic rings. The average Bonchev–Trinajstić information content (AvgIpc) is 3.28. The van der Waals surface area contributed by atoms with Gasteiger partial charge < -0.3 is 4.57 Å². The van der Waals surface area contributed by atoms with E-state index in [0.29, 0.717) is 0 Å². The average molecular weight is 379 g/mol. The molecule has 5 heteroatoms. The van der Waals surface area contributed by atoms with Gasteiger partial charge in [-0.25, -0.2) is 4.98 Å². The Kier molecular flexibility index (Phi) is 4.02. The molecule has 0 aliphatic carbocycles. The molecule has 5 nitrogen and oxygen atoms in total. The predicted octanol–water partition coefficient (Wildman–Crippen LogP) is 5.10. The Labute approximate surface area is 169 Å². The Morgan fingerprint density at radius 1 is 0.690 bits per heavy atom. The van der Waals surface area contributed by atoms with E-state index in [0.717, 1.165) is 50.9 Å². The molecule has 2 heterocycles. The lowest BCUT2D eigenvalue weighted by Crippen LogP contribution is -2.02. The lowest BCUT2D eigenvalue weighted by Gasteiger charge is -2.14. The zero-order valence-electron chi connectivity index (χ0n) is 16.7. The zero-order chi connectivity index (χ0) is 20.0. The number of nitrogens with zero attached hydrogens (tertiary/aromatic N) is 5. The van der Waals surface area contributed by atoms with Crippen LogP contribution in [0.25, 0.3) is 39.2 Å². The van der Waals surface area contributed by atoms with Crippen LogP contribution in [0.4, 0.5) is 0 Å². The van der Waals surface area contributed by atoms with Gasteiger partial charge in [0.2, 0.25) is 0 Å². The first kappa shape index (κ1) is 17.4. The summed E-state index contributed by atoms with van der Waals surface area (Å²) >= 11 is 0. The molecule has 5 rings (SSSR count). The lowest BCUT2D eigenvalue weighted by molar-refractivity contribution is 0.886. The molecule has 0 spiro atoms. The number of imidazole rings is 1. The van der Waals surface area contributed by atoms with E-state index in [9.17, 15) is 0 Å². The number of rotatable bonds is 3. The number of aryl methyl sites for hydroxylation is 3. The largest absolute Gasteiger partial charge is 0.331 e. The van der Waals surface area contributed by atoms with E-state index >= 15 is 0 Å². The van der Waals surface area contributed by atoms with E-state index in [4.69, 9.17) is 4.98 Å². The minimum atomic E-state index is 0.801. The van der Waals surface area contributed by atoms with Crippen molar-refractivity contribution < 1.29 is 0 Å². The molecular weight excluding hydrogens is 358 g/mol. The third kappa shape index (κ3) is 2.74. The molecule has 142 valence electrons. The second-order valence-corrected chi connectivity index (χ2v) is 7.18. The summed E-state index contributed by atoms with van der Waals surface area (Å²) in [6, 6.07) is 25.0. The van der Waals surface area contributed by atoms with E-state index in [2.05, 4.69) is 86.1 Å². The molecule has 0 aliphatic rings. The van der Waals surface area contributed by atoms with E-state index in [-0.39, 0.29) is 0 Å². The van der Waals surface area contributed by atoms with Gasteiger partial charge in [-0.2, -0.15) is 0 Å². The van der Waals surface area contributed by atoms with Gasteiger partial charge in [-0.05, 0) is 37.6 Å². The van der Waals surface area contributed by atoms with Crippen molar-refractivity contribution in [1.29, 1.82) is 0 Å². The highest BCUT2D eigenvalue weighted by Crippen LogP contribution is 2.33. The summed E-state index contributed by atoms with van der Waals surface area (Å²) in [5.74, 6) is 2.61. The van der Waals surface area contributed by atoms with Crippen LogP contribution in [0.5, 0.6) is 0 Å². The second kappa shape index (κ2) is 6.71. The molecule has 0 aliphatic heterocycles. The quantitative estimate of drug-likeness (QED) is 0.438. The maximum atomic E-state index is 4.80. The minimum Gasteiger partial charge on any atom is -0.331 e. The summed E-state index contributed by atoms with van der Waals surface area (Å²) in [5.41, 5.74) is 6.37. The van der Waals surface area contributed by atoms with Crippen LogP contribution in [-0.4, -0.2) is 24.3 Å². The first-order valence-corrected chi connectivity index (χ1v) is 9.64. The van der Waals surface area contributed by atoms with Crippen LogP contribution in [-0.2, 0) is 7.05 Å². The molecule has 2 aromatic heterocycles. The standard InChI is InChI=1S/C24H21N5/c1-16-25-23-20(13-9-15-22(23)28(16)3)24-27-26-17(2)29(24)21-14-8-7-12-19(21)18-10-5-4-6-11-18/h4-15H,1-3H3. The Morgan fingerprint density at radius 2 is 1.41 bits per heavy atom. The maximum Gasteiger partial charge on any atom is 0.170 e. The number of fused-ring (bicyclic) bond motifs is 1. The fourth-order valence-electron chi connectivity index (χ4n) is 3.87. The first-order chi connectivity index (χ1) is 14.1. The monoisotopic (exact) mass is 379 g/mol. The van der Waals surface area contributed by atoms with Crippen molar-refractivity contribution in [1.82, 2.24) is 24.3 Å². The van der Waals surface area contributed by atoms with Gasteiger partial charge in [0.1, 0.15) is 11.6 Å². The molecule has 0 bridgehead atoms. The highest BCUT2D eigenvalue weighted by atomic mass is 15.3. The van der Waals surface area contributed by atoms with E-state index in [1.165, 1.54) is 0 Å². The van der Waals surface area contributed by atoms with Crippen LogP contribution in [0.15, 0.2) is 72.8 Å².